The van der Waals surface area contributed by atoms with Gasteiger partial charge in [-0.2, -0.15) is 0 Å². The summed E-state index contributed by atoms with van der Waals surface area (Å²) >= 11 is 0. The van der Waals surface area contributed by atoms with Crippen LogP contribution >= 0.6 is 0 Å². The van der Waals surface area contributed by atoms with Gasteiger partial charge < -0.3 is 25.3 Å². The van der Waals surface area contributed by atoms with Gasteiger partial charge in [-0.15, -0.1) is 0 Å². The number of ether oxygens (including phenoxy) is 3. The molecule has 0 saturated carbocycles. The van der Waals surface area contributed by atoms with Gasteiger partial charge in [-0.3, -0.25) is 0 Å². The van der Waals surface area contributed by atoms with Crippen LogP contribution in [0.4, 0.5) is 11.6 Å². The van der Waals surface area contributed by atoms with Gasteiger partial charge in [0.25, 0.3) is 0 Å². The Morgan fingerprint density at radius 3 is 2.79 bits per heavy atom. The molecular weight excluding hydrogens is 248 g/mol. The Hall–Kier alpha value is -1.44. The molecule has 1 aromatic rings. The quantitative estimate of drug-likeness (QED) is 0.681. The summed E-state index contributed by atoms with van der Waals surface area (Å²) in [6.07, 6.45) is -0.0449. The molecule has 0 aliphatic carbocycles. The minimum absolute atomic E-state index is 0.0449. The van der Waals surface area contributed by atoms with E-state index in [-0.39, 0.29) is 6.10 Å². The Balaban J connectivity index is 2.59. The normalized spacial score (nSPS) is 12.4. The Kier molecular flexibility index (Phi) is 7.09. The summed E-state index contributed by atoms with van der Waals surface area (Å²) in [5, 5.41) is 3.15. The number of aromatic nitrogens is 2. The van der Waals surface area contributed by atoms with E-state index in [0.29, 0.717) is 43.8 Å². The third-order valence-corrected chi connectivity index (χ3v) is 2.42. The summed E-state index contributed by atoms with van der Waals surface area (Å²) in [4.78, 5) is 8.41. The first kappa shape index (κ1) is 15.6. The Morgan fingerprint density at radius 1 is 1.37 bits per heavy atom. The van der Waals surface area contributed by atoms with Crippen LogP contribution in [0.25, 0.3) is 0 Å². The fourth-order valence-corrected chi connectivity index (χ4v) is 1.48. The first-order chi connectivity index (χ1) is 9.19. The molecule has 0 aromatic carbocycles. The minimum atomic E-state index is -0.0449. The molecular formula is C12H22N4O3. The standard InChI is InChI=1S/C12H22N4O3/c1-4-19-8-12-15-10(13)5-11(16-12)14-6-9(18-3)7-17-2/h5,9H,4,6-8H2,1-3H3,(H3,13,14,15,16). The fourth-order valence-electron chi connectivity index (χ4n) is 1.48. The van der Waals surface area contributed by atoms with E-state index in [0.717, 1.165) is 0 Å². The number of methoxy groups -OCH3 is 2. The second-order valence-electron chi connectivity index (χ2n) is 3.93. The van der Waals surface area contributed by atoms with Crippen LogP contribution in [0.2, 0.25) is 0 Å². The zero-order chi connectivity index (χ0) is 14.1. The Morgan fingerprint density at radius 2 is 2.16 bits per heavy atom. The van der Waals surface area contributed by atoms with Crippen LogP contribution in [0, 0.1) is 0 Å². The van der Waals surface area contributed by atoms with Crippen LogP contribution in [0.3, 0.4) is 0 Å². The summed E-state index contributed by atoms with van der Waals surface area (Å²) in [5.74, 6) is 1.62. The van der Waals surface area contributed by atoms with Gasteiger partial charge in [-0.25, -0.2) is 9.97 Å². The van der Waals surface area contributed by atoms with Crippen molar-refractivity contribution in [1.29, 1.82) is 0 Å². The topological polar surface area (TPSA) is 91.5 Å². The molecule has 1 unspecified atom stereocenters. The molecule has 0 bridgehead atoms. The number of nitrogens with two attached hydrogens (primary N) is 1. The number of rotatable bonds is 9. The highest BCUT2D eigenvalue weighted by molar-refractivity contribution is 5.44. The summed E-state index contributed by atoms with van der Waals surface area (Å²) in [6.45, 7) is 3.96. The van der Waals surface area contributed by atoms with Crippen LogP contribution in [0.1, 0.15) is 12.7 Å². The third kappa shape index (κ3) is 5.82. The van der Waals surface area contributed by atoms with E-state index in [9.17, 15) is 0 Å². The van der Waals surface area contributed by atoms with E-state index < -0.39 is 0 Å². The first-order valence-corrected chi connectivity index (χ1v) is 6.16. The molecule has 0 aliphatic heterocycles. The summed E-state index contributed by atoms with van der Waals surface area (Å²) < 4.78 is 15.6. The highest BCUT2D eigenvalue weighted by Gasteiger charge is 2.08. The number of hydrogen-bond donors (Lipinski definition) is 2. The maximum Gasteiger partial charge on any atom is 0.158 e. The zero-order valence-corrected chi connectivity index (χ0v) is 11.7. The van der Waals surface area contributed by atoms with E-state index in [1.165, 1.54) is 0 Å². The van der Waals surface area contributed by atoms with Gasteiger partial charge in [-0.05, 0) is 6.92 Å². The zero-order valence-electron chi connectivity index (χ0n) is 11.7. The van der Waals surface area contributed by atoms with Crippen molar-refractivity contribution in [2.75, 3.05) is 45.0 Å². The van der Waals surface area contributed by atoms with E-state index >= 15 is 0 Å². The van der Waals surface area contributed by atoms with Crippen LogP contribution in [0.5, 0.6) is 0 Å². The fraction of sp³-hybridized carbons (Fsp3) is 0.667. The lowest BCUT2D eigenvalue weighted by atomic mass is 10.3. The third-order valence-electron chi connectivity index (χ3n) is 2.42. The van der Waals surface area contributed by atoms with Crippen molar-refractivity contribution in [3.63, 3.8) is 0 Å². The molecule has 0 saturated heterocycles. The number of nitrogens with zero attached hydrogens (tertiary/aromatic N) is 2. The average molecular weight is 270 g/mol. The summed E-state index contributed by atoms with van der Waals surface area (Å²) in [7, 11) is 3.27. The highest BCUT2D eigenvalue weighted by Crippen LogP contribution is 2.09. The van der Waals surface area contributed by atoms with Gasteiger partial charge in [0.15, 0.2) is 5.82 Å². The maximum absolute atomic E-state index is 5.73. The van der Waals surface area contributed by atoms with E-state index in [2.05, 4.69) is 15.3 Å². The Labute approximate surface area is 113 Å². The molecule has 1 heterocycles. The second kappa shape index (κ2) is 8.63. The van der Waals surface area contributed by atoms with Gasteiger partial charge >= 0.3 is 0 Å². The molecule has 1 aromatic heterocycles. The molecule has 1 rings (SSSR count). The molecule has 0 radical (unpaired) electrons. The van der Waals surface area contributed by atoms with Gasteiger partial charge in [0.2, 0.25) is 0 Å². The molecule has 108 valence electrons. The van der Waals surface area contributed by atoms with Gasteiger partial charge in [0, 0.05) is 33.4 Å². The van der Waals surface area contributed by atoms with Crippen molar-refractivity contribution in [1.82, 2.24) is 9.97 Å². The van der Waals surface area contributed by atoms with Crippen molar-refractivity contribution >= 4 is 11.6 Å². The van der Waals surface area contributed by atoms with Gasteiger partial charge in [0.1, 0.15) is 18.2 Å². The first-order valence-electron chi connectivity index (χ1n) is 6.16. The number of nitrogens with one attached hydrogen (secondary N) is 1. The van der Waals surface area contributed by atoms with Crippen molar-refractivity contribution in [2.45, 2.75) is 19.6 Å². The molecule has 0 fully saturated rings. The number of anilines is 2. The lowest BCUT2D eigenvalue weighted by molar-refractivity contribution is 0.0365. The number of nitrogen functional groups attached to an aromatic ring is 1. The van der Waals surface area contributed by atoms with Crippen molar-refractivity contribution < 1.29 is 14.2 Å². The molecule has 3 N–H and O–H groups in total. The molecule has 0 amide bonds. The monoisotopic (exact) mass is 270 g/mol. The van der Waals surface area contributed by atoms with E-state index in [1.54, 1.807) is 20.3 Å². The SMILES string of the molecule is CCOCc1nc(N)cc(NCC(COC)OC)n1. The van der Waals surface area contributed by atoms with Crippen LogP contribution < -0.4 is 11.1 Å². The molecule has 0 aliphatic rings. The lowest BCUT2D eigenvalue weighted by Gasteiger charge is -2.15. The largest absolute Gasteiger partial charge is 0.384 e. The van der Waals surface area contributed by atoms with E-state index in [4.69, 9.17) is 19.9 Å². The smallest absolute Gasteiger partial charge is 0.158 e. The maximum atomic E-state index is 5.73. The van der Waals surface area contributed by atoms with Crippen molar-refractivity contribution in [3.05, 3.63) is 11.9 Å². The van der Waals surface area contributed by atoms with Gasteiger partial charge in [-0.1, -0.05) is 0 Å². The predicted molar refractivity (Wildman–Crippen MR) is 72.9 cm³/mol. The van der Waals surface area contributed by atoms with Crippen LogP contribution in [-0.2, 0) is 20.8 Å². The van der Waals surface area contributed by atoms with Gasteiger partial charge in [0.05, 0.1) is 12.7 Å². The minimum Gasteiger partial charge on any atom is -0.384 e. The average Bonchev–Trinajstić information content (AvgIpc) is 2.40. The second-order valence-corrected chi connectivity index (χ2v) is 3.93. The predicted octanol–water partition coefficient (Wildman–Crippen LogP) is 0.669. The molecule has 1 atom stereocenters. The summed E-state index contributed by atoms with van der Waals surface area (Å²) in [6, 6.07) is 1.68. The van der Waals surface area contributed by atoms with Crippen molar-refractivity contribution in [2.24, 2.45) is 0 Å². The number of hydrogen-bond acceptors (Lipinski definition) is 7. The van der Waals surface area contributed by atoms with Crippen LogP contribution in [0.15, 0.2) is 6.07 Å². The highest BCUT2D eigenvalue weighted by atomic mass is 16.5. The summed E-state index contributed by atoms with van der Waals surface area (Å²) in [5.41, 5.74) is 5.73. The Bertz CT molecular complexity index is 376. The molecule has 0 spiro atoms. The molecule has 7 nitrogen and oxygen atoms in total. The van der Waals surface area contributed by atoms with E-state index in [1.807, 2.05) is 6.92 Å². The molecule has 19 heavy (non-hydrogen) atoms. The van der Waals surface area contributed by atoms with Crippen molar-refractivity contribution in [3.8, 4) is 0 Å². The lowest BCUT2D eigenvalue weighted by Crippen LogP contribution is -2.27. The van der Waals surface area contributed by atoms with Crippen LogP contribution in [-0.4, -0.2) is 50.1 Å². The molecule has 7 heteroatoms.